The van der Waals surface area contributed by atoms with Crippen molar-refractivity contribution < 1.29 is 13.5 Å². The van der Waals surface area contributed by atoms with Crippen LogP contribution in [0.25, 0.3) is 0 Å². The minimum Gasteiger partial charge on any atom is -0.393 e. The molecule has 2 N–H and O–H groups in total. The molecule has 1 radical (unpaired) electrons. The van der Waals surface area contributed by atoms with Crippen LogP contribution in [0, 0.1) is 0 Å². The molecule has 1 unspecified atom stereocenters. The summed E-state index contributed by atoms with van der Waals surface area (Å²) >= 11 is 0. The molecule has 0 amide bonds. The van der Waals surface area contributed by atoms with Crippen LogP contribution >= 0.6 is 0 Å². The number of nitrogens with one attached hydrogen (secondary N) is 1. The van der Waals surface area contributed by atoms with Crippen LogP contribution in [-0.4, -0.2) is 25.4 Å². The van der Waals surface area contributed by atoms with Crippen LogP contribution < -0.4 is 5.14 Å². The second-order valence-corrected chi connectivity index (χ2v) is 3.59. The molecule has 0 heterocycles. The Morgan fingerprint density at radius 2 is 2.11 bits per heavy atom. The number of rotatable bonds is 3. The molecule has 5 heteroatoms. The van der Waals surface area contributed by atoms with Crippen LogP contribution in [0.5, 0.6) is 0 Å². The summed E-state index contributed by atoms with van der Waals surface area (Å²) < 4.78 is 20.2. The lowest BCUT2D eigenvalue weighted by Crippen LogP contribution is -2.12. The van der Waals surface area contributed by atoms with Gasteiger partial charge in [-0.25, -0.2) is 8.42 Å². The maximum absolute atomic E-state index is 10.1. The van der Waals surface area contributed by atoms with Crippen molar-refractivity contribution >= 4 is 10.0 Å². The molecule has 0 aliphatic rings. The Morgan fingerprint density at radius 1 is 1.67 bits per heavy atom. The van der Waals surface area contributed by atoms with Crippen molar-refractivity contribution in [3.63, 3.8) is 0 Å². The van der Waals surface area contributed by atoms with E-state index < -0.39 is 16.1 Å². The Bertz CT molecular complexity index is 161. The van der Waals surface area contributed by atoms with Gasteiger partial charge < -0.3 is 5.11 Å². The first kappa shape index (κ1) is 8.87. The van der Waals surface area contributed by atoms with E-state index in [4.69, 9.17) is 10.2 Å². The highest BCUT2D eigenvalue weighted by molar-refractivity contribution is 7.88. The Balaban J connectivity index is 3.53. The molecule has 0 aliphatic heterocycles. The summed E-state index contributed by atoms with van der Waals surface area (Å²) in [6, 6.07) is 0. The Hall–Kier alpha value is -0.130. The Labute approximate surface area is 54.7 Å². The Morgan fingerprint density at radius 3 is 2.22 bits per heavy atom. The van der Waals surface area contributed by atoms with Crippen molar-refractivity contribution in [2.45, 2.75) is 19.4 Å². The molecule has 55 valence electrons. The molecule has 0 rings (SSSR count). The Kier molecular flexibility index (Phi) is 3.10. The lowest BCUT2D eigenvalue weighted by Gasteiger charge is -1.99. The average molecular weight is 152 g/mol. The molecule has 0 spiro atoms. The van der Waals surface area contributed by atoms with Crippen molar-refractivity contribution in [3.05, 3.63) is 0 Å². The van der Waals surface area contributed by atoms with E-state index in [0.29, 0.717) is 0 Å². The number of aliphatic hydroxyl groups excluding tert-OH is 1. The smallest absolute Gasteiger partial charge is 0.225 e. The van der Waals surface area contributed by atoms with Crippen molar-refractivity contribution in [2.75, 3.05) is 5.75 Å². The third-order valence-electron chi connectivity index (χ3n) is 0.804. The average Bonchev–Trinajstić information content (AvgIpc) is 1.59. The summed E-state index contributed by atoms with van der Waals surface area (Å²) in [6.45, 7) is 1.49. The summed E-state index contributed by atoms with van der Waals surface area (Å²) in [5, 5.41) is 15.0. The normalized spacial score (nSPS) is 15.4. The van der Waals surface area contributed by atoms with Gasteiger partial charge in [-0.1, -0.05) is 0 Å². The van der Waals surface area contributed by atoms with E-state index in [0.717, 1.165) is 0 Å². The first-order valence-electron chi connectivity index (χ1n) is 2.57. The topological polar surface area (TPSA) is 78.2 Å². The zero-order chi connectivity index (χ0) is 7.49. The van der Waals surface area contributed by atoms with E-state index in [1.54, 1.807) is 0 Å². The molecular weight excluding hydrogens is 142 g/mol. The second-order valence-electron chi connectivity index (χ2n) is 1.96. The summed E-state index contributed by atoms with van der Waals surface area (Å²) in [7, 11) is -3.63. The van der Waals surface area contributed by atoms with Gasteiger partial charge >= 0.3 is 0 Å². The van der Waals surface area contributed by atoms with Gasteiger partial charge in [0.05, 0.1) is 11.9 Å². The van der Waals surface area contributed by atoms with Crippen LogP contribution in [0.3, 0.4) is 0 Å². The van der Waals surface area contributed by atoms with E-state index in [1.165, 1.54) is 6.92 Å². The maximum atomic E-state index is 10.1. The van der Waals surface area contributed by atoms with E-state index in [1.807, 2.05) is 0 Å². The van der Waals surface area contributed by atoms with E-state index in [9.17, 15) is 8.42 Å². The minimum atomic E-state index is -3.63. The van der Waals surface area contributed by atoms with Gasteiger partial charge in [-0.05, 0) is 13.3 Å². The van der Waals surface area contributed by atoms with Crippen LogP contribution in [-0.2, 0) is 10.0 Å². The zero-order valence-electron chi connectivity index (χ0n) is 5.16. The first-order chi connectivity index (χ1) is 3.92. The summed E-state index contributed by atoms with van der Waals surface area (Å²) in [5.74, 6) is -0.259. The highest BCUT2D eigenvalue weighted by atomic mass is 32.2. The number of hydrogen-bond acceptors (Lipinski definition) is 3. The fourth-order valence-electron chi connectivity index (χ4n) is 0.326. The lowest BCUT2D eigenvalue weighted by atomic mass is 10.3. The van der Waals surface area contributed by atoms with Crippen molar-refractivity contribution in [3.8, 4) is 0 Å². The molecule has 0 aromatic heterocycles. The molecule has 4 nitrogen and oxygen atoms in total. The van der Waals surface area contributed by atoms with Gasteiger partial charge in [0.1, 0.15) is 0 Å². The predicted molar refractivity (Wildman–Crippen MR) is 33.2 cm³/mol. The van der Waals surface area contributed by atoms with Gasteiger partial charge in [0.15, 0.2) is 0 Å². The van der Waals surface area contributed by atoms with Crippen molar-refractivity contribution in [2.24, 2.45) is 0 Å². The lowest BCUT2D eigenvalue weighted by molar-refractivity contribution is 0.191. The molecule has 0 aromatic carbocycles. The highest BCUT2D eigenvalue weighted by Crippen LogP contribution is 1.92. The van der Waals surface area contributed by atoms with Gasteiger partial charge in [0.2, 0.25) is 10.0 Å². The monoisotopic (exact) mass is 152 g/mol. The SMILES string of the molecule is CC(O)CCS([NH])(=O)=O. The predicted octanol–water partition coefficient (Wildman–Crippen LogP) is -0.630. The minimum absolute atomic E-state index is 0.145. The molecule has 0 fully saturated rings. The molecule has 0 aliphatic carbocycles. The molecule has 0 aromatic rings. The van der Waals surface area contributed by atoms with Crippen molar-refractivity contribution in [1.29, 1.82) is 0 Å². The summed E-state index contributed by atoms with van der Waals surface area (Å²) in [5.41, 5.74) is 0. The van der Waals surface area contributed by atoms with E-state index >= 15 is 0 Å². The van der Waals surface area contributed by atoms with E-state index in [2.05, 4.69) is 0 Å². The van der Waals surface area contributed by atoms with Gasteiger partial charge in [-0.2, -0.15) is 0 Å². The van der Waals surface area contributed by atoms with Gasteiger partial charge in [0, 0.05) is 0 Å². The third kappa shape index (κ3) is 7.87. The van der Waals surface area contributed by atoms with Gasteiger partial charge in [0.25, 0.3) is 0 Å². The molecule has 1 atom stereocenters. The number of aliphatic hydroxyl groups is 1. The number of hydrogen-bond donors (Lipinski definition) is 1. The van der Waals surface area contributed by atoms with Crippen LogP contribution in [0.15, 0.2) is 0 Å². The molecular formula is C4H10NO3S. The largest absolute Gasteiger partial charge is 0.393 e. The van der Waals surface area contributed by atoms with Crippen LogP contribution in [0.2, 0.25) is 0 Å². The second kappa shape index (κ2) is 3.14. The maximum Gasteiger partial charge on any atom is 0.225 e. The molecule has 0 bridgehead atoms. The summed E-state index contributed by atoms with van der Waals surface area (Å²) in [6.07, 6.45) is -0.489. The zero-order valence-corrected chi connectivity index (χ0v) is 5.98. The highest BCUT2D eigenvalue weighted by Gasteiger charge is 2.04. The van der Waals surface area contributed by atoms with Crippen molar-refractivity contribution in [1.82, 2.24) is 5.14 Å². The fraction of sp³-hybridized carbons (Fsp3) is 1.00. The fourth-order valence-corrected chi connectivity index (χ4v) is 0.977. The first-order valence-corrected chi connectivity index (χ1v) is 4.22. The standard InChI is InChI=1S/C4H10NO3S/c1-4(6)2-3-9(5,7)8/h4-6H,2-3H2,1H3. The van der Waals surface area contributed by atoms with Crippen LogP contribution in [0.4, 0.5) is 0 Å². The quantitative estimate of drug-likeness (QED) is 0.584. The van der Waals surface area contributed by atoms with E-state index in [-0.39, 0.29) is 12.2 Å². The molecule has 0 saturated carbocycles. The third-order valence-corrected chi connectivity index (χ3v) is 1.58. The molecule has 0 saturated heterocycles. The van der Waals surface area contributed by atoms with Crippen LogP contribution in [0.1, 0.15) is 13.3 Å². The number of sulfonamides is 1. The van der Waals surface area contributed by atoms with Gasteiger partial charge in [-0.3, -0.25) is 0 Å². The van der Waals surface area contributed by atoms with Gasteiger partial charge in [-0.15, -0.1) is 5.14 Å². The molecule has 9 heavy (non-hydrogen) atoms. The summed E-state index contributed by atoms with van der Waals surface area (Å²) in [4.78, 5) is 0.